The number of carbonyl (C=O) groups is 1. The molecule has 1 aromatic heterocycles. The molecule has 0 aromatic carbocycles. The second kappa shape index (κ2) is 6.60. The van der Waals surface area contributed by atoms with E-state index in [-0.39, 0.29) is 16.3 Å². The number of hydrogen-bond acceptors (Lipinski definition) is 5. The first-order valence-electron chi connectivity index (χ1n) is 5.37. The highest BCUT2D eigenvalue weighted by Crippen LogP contribution is 2.25. The van der Waals surface area contributed by atoms with E-state index in [4.69, 9.17) is 5.11 Å². The maximum atomic E-state index is 12.0. The fourth-order valence-electron chi connectivity index (χ4n) is 1.40. The Morgan fingerprint density at radius 1 is 1.53 bits per heavy atom. The van der Waals surface area contributed by atoms with Gasteiger partial charge in [-0.2, -0.15) is 0 Å². The maximum Gasteiger partial charge on any atom is 0.345 e. The molecule has 108 valence electrons. The van der Waals surface area contributed by atoms with Gasteiger partial charge >= 0.3 is 5.97 Å². The summed E-state index contributed by atoms with van der Waals surface area (Å²) in [6.45, 7) is 1.74. The first-order valence-corrected chi connectivity index (χ1v) is 9.40. The normalized spacial score (nSPS) is 13.4. The molecule has 0 amide bonds. The molecule has 2 N–H and O–H groups in total. The van der Waals surface area contributed by atoms with Gasteiger partial charge in [-0.3, -0.25) is 4.21 Å². The van der Waals surface area contributed by atoms with Gasteiger partial charge in [0.25, 0.3) is 0 Å². The van der Waals surface area contributed by atoms with E-state index >= 15 is 0 Å². The molecule has 0 spiro atoms. The molecule has 6 nitrogen and oxygen atoms in total. The Bertz CT molecular complexity index is 590. The summed E-state index contributed by atoms with van der Waals surface area (Å²) in [5, 5.41) is 8.82. The molecule has 0 aliphatic rings. The van der Waals surface area contributed by atoms with E-state index in [1.807, 2.05) is 0 Å². The van der Waals surface area contributed by atoms with Crippen LogP contribution < -0.4 is 4.72 Å². The molecule has 9 heteroatoms. The van der Waals surface area contributed by atoms with Crippen molar-refractivity contribution >= 4 is 38.1 Å². The number of aryl methyl sites for hydroxylation is 1. The largest absolute Gasteiger partial charge is 0.477 e. The van der Waals surface area contributed by atoms with E-state index in [1.54, 1.807) is 13.2 Å². The van der Waals surface area contributed by atoms with Crippen molar-refractivity contribution in [1.82, 2.24) is 4.72 Å². The quantitative estimate of drug-likeness (QED) is 0.722. The predicted octanol–water partition coefficient (Wildman–Crippen LogP) is 0.802. The lowest BCUT2D eigenvalue weighted by Crippen LogP contribution is -2.25. The molecule has 1 heterocycles. The van der Waals surface area contributed by atoms with Crippen LogP contribution in [0.2, 0.25) is 0 Å². The molecule has 0 bridgehead atoms. The minimum atomic E-state index is -3.70. The van der Waals surface area contributed by atoms with Crippen molar-refractivity contribution in [3.63, 3.8) is 0 Å². The SMILES string of the molecule is Cc1sc(C(=O)O)cc1S(=O)(=O)NCCCS(C)=O. The second-order valence-corrected chi connectivity index (χ2v) is 8.41. The van der Waals surface area contributed by atoms with Crippen molar-refractivity contribution in [2.75, 3.05) is 18.6 Å². The summed E-state index contributed by atoms with van der Waals surface area (Å²) in [6.07, 6.45) is 2.02. The highest BCUT2D eigenvalue weighted by molar-refractivity contribution is 7.89. The number of carboxylic acids is 1. The molecule has 0 saturated carbocycles. The summed E-state index contributed by atoms with van der Waals surface area (Å²) in [6, 6.07) is 1.16. The number of carboxylic acid groups (broad SMARTS) is 1. The zero-order valence-electron chi connectivity index (χ0n) is 10.5. The van der Waals surface area contributed by atoms with Crippen LogP contribution in [0.4, 0.5) is 0 Å². The predicted molar refractivity (Wildman–Crippen MR) is 74.8 cm³/mol. The molecule has 0 aliphatic heterocycles. The molecular weight excluding hydrogens is 310 g/mol. The molecule has 1 rings (SSSR count). The molecule has 0 fully saturated rings. The van der Waals surface area contributed by atoms with Crippen LogP contribution in [0.25, 0.3) is 0 Å². The average Bonchev–Trinajstić information content (AvgIpc) is 2.67. The maximum absolute atomic E-state index is 12.0. The van der Waals surface area contributed by atoms with Crippen LogP contribution in [-0.2, 0) is 20.8 Å². The van der Waals surface area contributed by atoms with Gasteiger partial charge in [-0.25, -0.2) is 17.9 Å². The summed E-state index contributed by atoms with van der Waals surface area (Å²) >= 11 is 0.926. The Labute approximate surface area is 118 Å². The number of nitrogens with one attached hydrogen (secondary N) is 1. The Balaban J connectivity index is 2.77. The van der Waals surface area contributed by atoms with Gasteiger partial charge in [-0.1, -0.05) is 0 Å². The van der Waals surface area contributed by atoms with Crippen molar-refractivity contribution in [1.29, 1.82) is 0 Å². The van der Waals surface area contributed by atoms with E-state index in [0.717, 1.165) is 17.4 Å². The van der Waals surface area contributed by atoms with E-state index < -0.39 is 26.8 Å². The Morgan fingerprint density at radius 2 is 2.16 bits per heavy atom. The number of aromatic carboxylic acids is 1. The monoisotopic (exact) mass is 325 g/mol. The molecular formula is C10H15NO5S3. The molecule has 0 aliphatic carbocycles. The van der Waals surface area contributed by atoms with Crippen LogP contribution in [0, 0.1) is 6.92 Å². The summed E-state index contributed by atoms with van der Waals surface area (Å²) in [5.41, 5.74) is 0. The standard InChI is InChI=1S/C10H15NO5S3/c1-7-9(6-8(17-7)10(12)13)19(15,16)11-4-3-5-18(2)14/h6,11H,3-5H2,1-2H3,(H,12,13). The zero-order valence-corrected chi connectivity index (χ0v) is 13.0. The topological polar surface area (TPSA) is 101 Å². The van der Waals surface area contributed by atoms with E-state index in [9.17, 15) is 17.4 Å². The third-order valence-electron chi connectivity index (χ3n) is 2.27. The second-order valence-electron chi connectivity index (χ2n) is 3.86. The fourth-order valence-corrected chi connectivity index (χ4v) is 4.45. The number of hydrogen-bond donors (Lipinski definition) is 2. The van der Waals surface area contributed by atoms with Crippen LogP contribution in [0.15, 0.2) is 11.0 Å². The van der Waals surface area contributed by atoms with E-state index in [1.165, 1.54) is 0 Å². The third kappa shape index (κ3) is 4.68. The molecule has 1 aromatic rings. The highest BCUT2D eigenvalue weighted by atomic mass is 32.2. The van der Waals surface area contributed by atoms with Gasteiger partial charge in [-0.15, -0.1) is 11.3 Å². The van der Waals surface area contributed by atoms with Crippen LogP contribution >= 0.6 is 11.3 Å². The summed E-state index contributed by atoms with van der Waals surface area (Å²) in [5.74, 6) is -0.721. The third-order valence-corrected chi connectivity index (χ3v) is 5.89. The number of rotatable bonds is 7. The summed E-state index contributed by atoms with van der Waals surface area (Å²) in [7, 11) is -4.66. The van der Waals surface area contributed by atoms with E-state index in [2.05, 4.69) is 4.72 Å². The van der Waals surface area contributed by atoms with Gasteiger partial charge in [0, 0.05) is 34.2 Å². The Kier molecular flexibility index (Phi) is 5.65. The van der Waals surface area contributed by atoms with Gasteiger partial charge < -0.3 is 5.11 Å². The van der Waals surface area contributed by atoms with E-state index in [0.29, 0.717) is 17.1 Å². The zero-order chi connectivity index (χ0) is 14.6. The number of sulfonamides is 1. The highest BCUT2D eigenvalue weighted by Gasteiger charge is 2.21. The van der Waals surface area contributed by atoms with Crippen molar-refractivity contribution in [3.8, 4) is 0 Å². The van der Waals surface area contributed by atoms with Crippen molar-refractivity contribution in [3.05, 3.63) is 15.8 Å². The van der Waals surface area contributed by atoms with Crippen LogP contribution in [-0.4, -0.2) is 42.3 Å². The lowest BCUT2D eigenvalue weighted by molar-refractivity contribution is 0.0702. The van der Waals surface area contributed by atoms with Gasteiger partial charge in [0.1, 0.15) is 4.88 Å². The lowest BCUT2D eigenvalue weighted by Gasteiger charge is -2.05. The lowest BCUT2D eigenvalue weighted by atomic mass is 10.4. The van der Waals surface area contributed by atoms with Crippen LogP contribution in [0.1, 0.15) is 21.0 Å². The van der Waals surface area contributed by atoms with Gasteiger partial charge in [0.15, 0.2) is 0 Å². The smallest absolute Gasteiger partial charge is 0.345 e. The van der Waals surface area contributed by atoms with Gasteiger partial charge in [-0.05, 0) is 19.4 Å². The Morgan fingerprint density at radius 3 is 2.63 bits per heavy atom. The Hall–Kier alpha value is -0.770. The first-order chi connectivity index (χ1) is 8.74. The average molecular weight is 325 g/mol. The van der Waals surface area contributed by atoms with Crippen LogP contribution in [0.5, 0.6) is 0 Å². The summed E-state index contributed by atoms with van der Waals surface area (Å²) < 4.78 is 37.1. The molecule has 0 radical (unpaired) electrons. The minimum absolute atomic E-state index is 0.00691. The number of thiophene rings is 1. The van der Waals surface area contributed by atoms with Crippen molar-refractivity contribution in [2.45, 2.75) is 18.2 Å². The first kappa shape index (κ1) is 16.3. The van der Waals surface area contributed by atoms with Gasteiger partial charge in [0.2, 0.25) is 10.0 Å². The van der Waals surface area contributed by atoms with Crippen LogP contribution in [0.3, 0.4) is 0 Å². The molecule has 19 heavy (non-hydrogen) atoms. The molecule has 1 atom stereocenters. The summed E-state index contributed by atoms with van der Waals surface area (Å²) in [4.78, 5) is 11.2. The molecule has 0 saturated heterocycles. The van der Waals surface area contributed by atoms with Crippen molar-refractivity contribution in [2.24, 2.45) is 0 Å². The van der Waals surface area contributed by atoms with Gasteiger partial charge in [0.05, 0.1) is 4.90 Å². The fraction of sp³-hybridized carbons (Fsp3) is 0.500. The minimum Gasteiger partial charge on any atom is -0.477 e. The van der Waals surface area contributed by atoms with Crippen molar-refractivity contribution < 1.29 is 22.5 Å². The molecule has 1 unspecified atom stereocenters.